The molecular weight excluding hydrogens is 152 g/mol. The number of hydrogen-bond acceptors (Lipinski definition) is 2. The maximum Gasteiger partial charge on any atom is 0.0946 e. The van der Waals surface area contributed by atoms with Gasteiger partial charge < -0.3 is 9.47 Å². The van der Waals surface area contributed by atoms with Crippen molar-refractivity contribution in [1.82, 2.24) is 0 Å². The van der Waals surface area contributed by atoms with Gasteiger partial charge in [-0.25, -0.2) is 0 Å². The molecule has 2 aliphatic rings. The Kier molecular flexibility index (Phi) is 2.20. The Bertz CT molecular complexity index is 176. The molecule has 0 radical (unpaired) electrons. The van der Waals surface area contributed by atoms with Gasteiger partial charge in [0.1, 0.15) is 0 Å². The van der Waals surface area contributed by atoms with Crippen LogP contribution in [0.15, 0.2) is 12.2 Å². The second-order valence-corrected chi connectivity index (χ2v) is 3.83. The third kappa shape index (κ3) is 1.54. The molecule has 0 saturated carbocycles. The zero-order valence-corrected chi connectivity index (χ0v) is 7.58. The summed E-state index contributed by atoms with van der Waals surface area (Å²) in [5, 5.41) is 0. The van der Waals surface area contributed by atoms with Crippen LogP contribution in [-0.4, -0.2) is 24.9 Å². The molecule has 0 aromatic heterocycles. The Hall–Kier alpha value is -0.340. The van der Waals surface area contributed by atoms with E-state index in [4.69, 9.17) is 9.47 Å². The van der Waals surface area contributed by atoms with Gasteiger partial charge in [-0.2, -0.15) is 0 Å². The summed E-state index contributed by atoms with van der Waals surface area (Å²) in [5.74, 6) is 0. The highest BCUT2D eigenvalue weighted by Crippen LogP contribution is 2.33. The molecular formula is C10H16O2. The van der Waals surface area contributed by atoms with Gasteiger partial charge in [-0.15, -0.1) is 0 Å². The van der Waals surface area contributed by atoms with Crippen LogP contribution in [0.5, 0.6) is 0 Å². The second-order valence-electron chi connectivity index (χ2n) is 3.83. The third-order valence-corrected chi connectivity index (χ3v) is 2.71. The van der Waals surface area contributed by atoms with E-state index in [-0.39, 0.29) is 5.60 Å². The lowest BCUT2D eigenvalue weighted by molar-refractivity contribution is -0.0386. The minimum Gasteiger partial charge on any atom is -0.375 e. The molecule has 0 aromatic carbocycles. The molecule has 2 nitrogen and oxygen atoms in total. The Morgan fingerprint density at radius 3 is 3.08 bits per heavy atom. The van der Waals surface area contributed by atoms with Crippen LogP contribution in [0.2, 0.25) is 0 Å². The smallest absolute Gasteiger partial charge is 0.0946 e. The quantitative estimate of drug-likeness (QED) is 0.514. The predicted molar refractivity (Wildman–Crippen MR) is 47.1 cm³/mol. The first kappa shape index (κ1) is 8.27. The SMILES string of the molecule is CC1CC2(CCC=CCO2)CO1. The topological polar surface area (TPSA) is 18.5 Å². The molecule has 68 valence electrons. The lowest BCUT2D eigenvalue weighted by Gasteiger charge is -2.25. The van der Waals surface area contributed by atoms with Crippen LogP contribution < -0.4 is 0 Å². The Morgan fingerprint density at radius 2 is 2.33 bits per heavy atom. The minimum atomic E-state index is 0.0446. The maximum atomic E-state index is 5.81. The summed E-state index contributed by atoms with van der Waals surface area (Å²) < 4.78 is 11.4. The van der Waals surface area contributed by atoms with E-state index in [1.807, 2.05) is 0 Å². The van der Waals surface area contributed by atoms with Crippen molar-refractivity contribution in [2.45, 2.75) is 37.9 Å². The average molecular weight is 168 g/mol. The first-order chi connectivity index (χ1) is 5.81. The minimum absolute atomic E-state index is 0.0446. The van der Waals surface area contributed by atoms with E-state index in [0.29, 0.717) is 6.10 Å². The first-order valence-electron chi connectivity index (χ1n) is 4.71. The maximum absolute atomic E-state index is 5.81. The van der Waals surface area contributed by atoms with Crippen LogP contribution >= 0.6 is 0 Å². The van der Waals surface area contributed by atoms with Crippen LogP contribution in [0.3, 0.4) is 0 Å². The summed E-state index contributed by atoms with van der Waals surface area (Å²) in [6.45, 7) is 3.67. The highest BCUT2D eigenvalue weighted by atomic mass is 16.6. The molecule has 12 heavy (non-hydrogen) atoms. The van der Waals surface area contributed by atoms with Crippen molar-refractivity contribution in [2.75, 3.05) is 13.2 Å². The molecule has 2 aliphatic heterocycles. The molecule has 0 bridgehead atoms. The average Bonchev–Trinajstić information content (AvgIpc) is 2.30. The van der Waals surface area contributed by atoms with E-state index in [2.05, 4.69) is 19.1 Å². The normalized spacial score (nSPS) is 41.9. The van der Waals surface area contributed by atoms with E-state index >= 15 is 0 Å². The number of ether oxygens (including phenoxy) is 2. The van der Waals surface area contributed by atoms with Crippen molar-refractivity contribution >= 4 is 0 Å². The van der Waals surface area contributed by atoms with Gasteiger partial charge >= 0.3 is 0 Å². The number of allylic oxidation sites excluding steroid dienone is 1. The van der Waals surface area contributed by atoms with Gasteiger partial charge in [0.15, 0.2) is 0 Å². The van der Waals surface area contributed by atoms with Gasteiger partial charge in [0, 0.05) is 6.42 Å². The van der Waals surface area contributed by atoms with Crippen LogP contribution in [0.4, 0.5) is 0 Å². The fourth-order valence-electron chi connectivity index (χ4n) is 2.04. The molecule has 2 heteroatoms. The summed E-state index contributed by atoms with van der Waals surface area (Å²) in [6.07, 6.45) is 8.01. The molecule has 2 rings (SSSR count). The summed E-state index contributed by atoms with van der Waals surface area (Å²) in [5.41, 5.74) is 0.0446. The largest absolute Gasteiger partial charge is 0.375 e. The van der Waals surface area contributed by atoms with Gasteiger partial charge in [-0.1, -0.05) is 12.2 Å². The number of rotatable bonds is 0. The van der Waals surface area contributed by atoms with Crippen molar-refractivity contribution in [3.05, 3.63) is 12.2 Å². The van der Waals surface area contributed by atoms with Crippen LogP contribution in [-0.2, 0) is 9.47 Å². The van der Waals surface area contributed by atoms with E-state index in [1.165, 1.54) is 0 Å². The first-order valence-corrected chi connectivity index (χ1v) is 4.71. The summed E-state index contributed by atoms with van der Waals surface area (Å²) in [4.78, 5) is 0. The van der Waals surface area contributed by atoms with Gasteiger partial charge in [-0.05, 0) is 19.8 Å². The molecule has 1 fully saturated rings. The monoisotopic (exact) mass is 168 g/mol. The molecule has 0 N–H and O–H groups in total. The van der Waals surface area contributed by atoms with E-state index in [1.54, 1.807) is 0 Å². The third-order valence-electron chi connectivity index (χ3n) is 2.71. The van der Waals surface area contributed by atoms with E-state index in [0.717, 1.165) is 32.5 Å². The summed E-state index contributed by atoms with van der Waals surface area (Å²) >= 11 is 0. The zero-order chi connectivity index (χ0) is 8.44. The van der Waals surface area contributed by atoms with E-state index < -0.39 is 0 Å². The molecule has 0 aromatic rings. The van der Waals surface area contributed by atoms with E-state index in [9.17, 15) is 0 Å². The Labute approximate surface area is 73.5 Å². The predicted octanol–water partition coefficient (Wildman–Crippen LogP) is 1.90. The van der Waals surface area contributed by atoms with Crippen molar-refractivity contribution < 1.29 is 9.47 Å². The number of hydrogen-bond donors (Lipinski definition) is 0. The van der Waals surface area contributed by atoms with Crippen molar-refractivity contribution in [3.63, 3.8) is 0 Å². The molecule has 2 atom stereocenters. The molecule has 2 heterocycles. The fraction of sp³-hybridized carbons (Fsp3) is 0.800. The van der Waals surface area contributed by atoms with Crippen molar-refractivity contribution in [1.29, 1.82) is 0 Å². The highest BCUT2D eigenvalue weighted by Gasteiger charge is 2.39. The van der Waals surface area contributed by atoms with Gasteiger partial charge in [-0.3, -0.25) is 0 Å². The van der Waals surface area contributed by atoms with Gasteiger partial charge in [0.2, 0.25) is 0 Å². The molecule has 0 amide bonds. The zero-order valence-electron chi connectivity index (χ0n) is 7.58. The van der Waals surface area contributed by atoms with Crippen LogP contribution in [0.1, 0.15) is 26.2 Å². The summed E-state index contributed by atoms with van der Waals surface area (Å²) in [6, 6.07) is 0. The molecule has 0 aliphatic carbocycles. The Balaban J connectivity index is 2.01. The lowest BCUT2D eigenvalue weighted by Crippen LogP contribution is -2.32. The molecule has 1 saturated heterocycles. The second kappa shape index (κ2) is 3.19. The lowest BCUT2D eigenvalue weighted by atomic mass is 9.95. The Morgan fingerprint density at radius 1 is 1.42 bits per heavy atom. The van der Waals surface area contributed by atoms with Crippen LogP contribution in [0, 0.1) is 0 Å². The van der Waals surface area contributed by atoms with Crippen molar-refractivity contribution in [2.24, 2.45) is 0 Å². The standard InChI is InChI=1S/C10H16O2/c1-9-7-10(8-11-9)5-3-2-4-6-12-10/h2,4,9H,3,5-8H2,1H3. The fourth-order valence-corrected chi connectivity index (χ4v) is 2.04. The molecule has 2 unspecified atom stereocenters. The molecule has 1 spiro atoms. The summed E-state index contributed by atoms with van der Waals surface area (Å²) in [7, 11) is 0. The van der Waals surface area contributed by atoms with Crippen LogP contribution in [0.25, 0.3) is 0 Å². The van der Waals surface area contributed by atoms with Gasteiger partial charge in [0.05, 0.1) is 24.9 Å². The van der Waals surface area contributed by atoms with Gasteiger partial charge in [0.25, 0.3) is 0 Å². The highest BCUT2D eigenvalue weighted by molar-refractivity contribution is 4.96. The van der Waals surface area contributed by atoms with Crippen molar-refractivity contribution in [3.8, 4) is 0 Å².